The van der Waals surface area contributed by atoms with Gasteiger partial charge >= 0.3 is 6.09 Å². The second kappa shape index (κ2) is 7.92. The molecule has 136 valence electrons. The van der Waals surface area contributed by atoms with Crippen molar-refractivity contribution >= 4 is 11.8 Å². The lowest BCUT2D eigenvalue weighted by molar-refractivity contribution is 0.116. The highest BCUT2D eigenvalue weighted by Gasteiger charge is 2.34. The van der Waals surface area contributed by atoms with E-state index in [4.69, 9.17) is 4.74 Å². The van der Waals surface area contributed by atoms with Crippen molar-refractivity contribution in [1.29, 1.82) is 0 Å². The van der Waals surface area contributed by atoms with Crippen LogP contribution in [0.4, 0.5) is 10.5 Å². The first-order valence-corrected chi connectivity index (χ1v) is 9.57. The van der Waals surface area contributed by atoms with Gasteiger partial charge in [-0.2, -0.15) is 0 Å². The molecule has 2 heterocycles. The molecule has 2 saturated heterocycles. The van der Waals surface area contributed by atoms with Gasteiger partial charge in [0.05, 0.1) is 13.2 Å². The smallest absolute Gasteiger partial charge is 0.414 e. The molecule has 26 heavy (non-hydrogen) atoms. The van der Waals surface area contributed by atoms with Crippen LogP contribution in [0, 0.1) is 5.92 Å². The molecule has 1 amide bonds. The average Bonchev–Trinajstić information content (AvgIpc) is 3.04. The molecule has 0 aliphatic carbocycles. The summed E-state index contributed by atoms with van der Waals surface area (Å²) >= 11 is 0. The summed E-state index contributed by atoms with van der Waals surface area (Å²) in [4.78, 5) is 14.6. The summed E-state index contributed by atoms with van der Waals surface area (Å²) in [5.41, 5.74) is 1.96. The number of rotatable bonds is 5. The highest BCUT2D eigenvalue weighted by molar-refractivity contribution is 5.87. The third-order valence-electron chi connectivity index (χ3n) is 5.48. The molecule has 4 rings (SSSR count). The van der Waals surface area contributed by atoms with Crippen LogP contribution in [0.5, 0.6) is 0 Å². The maximum atomic E-state index is 12.9. The van der Waals surface area contributed by atoms with Gasteiger partial charge in [-0.25, -0.2) is 4.79 Å². The summed E-state index contributed by atoms with van der Waals surface area (Å²) in [6, 6.07) is 21.0. The zero-order valence-electron chi connectivity index (χ0n) is 15.0. The average molecular weight is 350 g/mol. The SMILES string of the molecule is O=C(OC[C@H]1C[C@H]2CC[C@@H](C1)N2)N(Cc1ccccc1)c1ccccc1. The number of fused-ring (bicyclic) bond motifs is 2. The Morgan fingerprint density at radius 3 is 2.23 bits per heavy atom. The van der Waals surface area contributed by atoms with Crippen LogP contribution in [0.25, 0.3) is 0 Å². The quantitative estimate of drug-likeness (QED) is 0.871. The van der Waals surface area contributed by atoms with Crippen LogP contribution in [0.3, 0.4) is 0 Å². The molecule has 0 saturated carbocycles. The zero-order chi connectivity index (χ0) is 17.8. The van der Waals surface area contributed by atoms with Gasteiger partial charge in [0.2, 0.25) is 0 Å². The third-order valence-corrected chi connectivity index (χ3v) is 5.48. The van der Waals surface area contributed by atoms with Gasteiger partial charge in [0, 0.05) is 17.8 Å². The van der Waals surface area contributed by atoms with Gasteiger partial charge in [-0.1, -0.05) is 48.5 Å². The highest BCUT2D eigenvalue weighted by Crippen LogP contribution is 2.31. The first-order chi connectivity index (χ1) is 12.8. The number of ether oxygens (including phenoxy) is 1. The number of nitrogens with one attached hydrogen (secondary N) is 1. The van der Waals surface area contributed by atoms with Gasteiger partial charge in [-0.05, 0) is 49.3 Å². The van der Waals surface area contributed by atoms with E-state index >= 15 is 0 Å². The van der Waals surface area contributed by atoms with Crippen molar-refractivity contribution in [2.24, 2.45) is 5.92 Å². The lowest BCUT2D eigenvalue weighted by Crippen LogP contribution is -2.40. The van der Waals surface area contributed by atoms with Crippen molar-refractivity contribution in [2.75, 3.05) is 11.5 Å². The predicted molar refractivity (Wildman–Crippen MR) is 103 cm³/mol. The molecule has 2 aromatic rings. The number of piperidine rings is 1. The maximum Gasteiger partial charge on any atom is 0.414 e. The monoisotopic (exact) mass is 350 g/mol. The summed E-state index contributed by atoms with van der Waals surface area (Å²) in [6.45, 7) is 1.03. The Balaban J connectivity index is 1.42. The molecule has 2 aliphatic rings. The first kappa shape index (κ1) is 17.1. The first-order valence-electron chi connectivity index (χ1n) is 9.57. The molecule has 2 bridgehead atoms. The Kier molecular flexibility index (Phi) is 5.21. The van der Waals surface area contributed by atoms with Gasteiger partial charge in [0.1, 0.15) is 0 Å². The molecule has 2 aliphatic heterocycles. The minimum Gasteiger partial charge on any atom is -0.449 e. The van der Waals surface area contributed by atoms with Crippen molar-refractivity contribution < 1.29 is 9.53 Å². The number of hydrogen-bond donors (Lipinski definition) is 1. The number of hydrogen-bond acceptors (Lipinski definition) is 3. The Hall–Kier alpha value is -2.33. The topological polar surface area (TPSA) is 41.6 Å². The number of carbonyl (C=O) groups excluding carboxylic acids is 1. The molecule has 0 radical (unpaired) electrons. The van der Waals surface area contributed by atoms with E-state index in [0.29, 0.717) is 31.2 Å². The van der Waals surface area contributed by atoms with Crippen molar-refractivity contribution in [2.45, 2.75) is 44.3 Å². The van der Waals surface area contributed by atoms with E-state index < -0.39 is 0 Å². The van der Waals surface area contributed by atoms with E-state index in [-0.39, 0.29) is 6.09 Å². The number of anilines is 1. The number of amides is 1. The van der Waals surface area contributed by atoms with E-state index in [9.17, 15) is 4.79 Å². The molecule has 0 unspecified atom stereocenters. The zero-order valence-corrected chi connectivity index (χ0v) is 15.0. The Morgan fingerprint density at radius 1 is 0.962 bits per heavy atom. The summed E-state index contributed by atoms with van der Waals surface area (Å²) in [5, 5.41) is 3.64. The van der Waals surface area contributed by atoms with E-state index in [1.807, 2.05) is 60.7 Å². The van der Waals surface area contributed by atoms with E-state index in [2.05, 4.69) is 5.32 Å². The van der Waals surface area contributed by atoms with Crippen molar-refractivity contribution in [3.8, 4) is 0 Å². The molecule has 0 spiro atoms. The Morgan fingerprint density at radius 2 is 1.58 bits per heavy atom. The van der Waals surface area contributed by atoms with Crippen LogP contribution in [-0.2, 0) is 11.3 Å². The highest BCUT2D eigenvalue weighted by atomic mass is 16.6. The lowest BCUT2D eigenvalue weighted by Gasteiger charge is -2.29. The van der Waals surface area contributed by atoms with Gasteiger partial charge in [-0.3, -0.25) is 4.90 Å². The van der Waals surface area contributed by atoms with Crippen LogP contribution in [-0.4, -0.2) is 24.8 Å². The molecular formula is C22H26N2O2. The largest absolute Gasteiger partial charge is 0.449 e. The summed E-state index contributed by atoms with van der Waals surface area (Å²) in [6.07, 6.45) is 4.51. The molecular weight excluding hydrogens is 324 g/mol. The van der Waals surface area contributed by atoms with Crippen molar-refractivity contribution in [3.63, 3.8) is 0 Å². The molecule has 4 heteroatoms. The van der Waals surface area contributed by atoms with Crippen LogP contribution in [0.2, 0.25) is 0 Å². The number of para-hydroxylation sites is 1. The molecule has 1 N–H and O–H groups in total. The lowest BCUT2D eigenvalue weighted by atomic mass is 9.93. The number of nitrogens with zero attached hydrogens (tertiary/aromatic N) is 1. The van der Waals surface area contributed by atoms with E-state index in [1.165, 1.54) is 12.8 Å². The minimum absolute atomic E-state index is 0.258. The van der Waals surface area contributed by atoms with Gasteiger partial charge in [-0.15, -0.1) is 0 Å². The van der Waals surface area contributed by atoms with Crippen LogP contribution in [0.1, 0.15) is 31.2 Å². The van der Waals surface area contributed by atoms with Gasteiger partial charge < -0.3 is 10.1 Å². The molecule has 2 aromatic carbocycles. The second-order valence-corrected chi connectivity index (χ2v) is 7.46. The second-order valence-electron chi connectivity index (χ2n) is 7.46. The van der Waals surface area contributed by atoms with Gasteiger partial charge in [0.15, 0.2) is 0 Å². The van der Waals surface area contributed by atoms with Crippen LogP contribution >= 0.6 is 0 Å². The fourth-order valence-corrected chi connectivity index (χ4v) is 4.21. The third kappa shape index (κ3) is 4.07. The van der Waals surface area contributed by atoms with Crippen molar-refractivity contribution in [1.82, 2.24) is 5.32 Å². The van der Waals surface area contributed by atoms with Gasteiger partial charge in [0.25, 0.3) is 0 Å². The Bertz CT molecular complexity index is 707. The summed E-state index contributed by atoms with van der Waals surface area (Å²) < 4.78 is 5.75. The summed E-state index contributed by atoms with van der Waals surface area (Å²) in [5.74, 6) is 0.479. The molecule has 0 aromatic heterocycles. The van der Waals surface area contributed by atoms with Crippen molar-refractivity contribution in [3.05, 3.63) is 66.2 Å². The fourth-order valence-electron chi connectivity index (χ4n) is 4.21. The minimum atomic E-state index is -0.258. The molecule has 4 nitrogen and oxygen atoms in total. The number of benzene rings is 2. The molecule has 3 atom stereocenters. The van der Waals surface area contributed by atoms with E-state index in [0.717, 1.165) is 24.1 Å². The van der Waals surface area contributed by atoms with E-state index in [1.54, 1.807) is 4.90 Å². The normalized spacial score (nSPS) is 24.2. The predicted octanol–water partition coefficient (Wildman–Crippen LogP) is 4.36. The Labute approximate surface area is 155 Å². The summed E-state index contributed by atoms with van der Waals surface area (Å²) in [7, 11) is 0. The van der Waals surface area contributed by atoms with Crippen LogP contribution < -0.4 is 10.2 Å². The standard InChI is InChI=1S/C22H26N2O2/c25-22(26-16-18-13-19-11-12-20(14-18)23-19)24(21-9-5-2-6-10-21)15-17-7-3-1-4-8-17/h1-10,18-20,23H,11-16H2/t18-,19+,20-. The fraction of sp³-hybridized carbons (Fsp3) is 0.409. The maximum absolute atomic E-state index is 12.9. The van der Waals surface area contributed by atoms with Crippen LogP contribution in [0.15, 0.2) is 60.7 Å². The molecule has 2 fully saturated rings. The number of carbonyl (C=O) groups is 1.